The summed E-state index contributed by atoms with van der Waals surface area (Å²) in [5.74, 6) is -0.256. The number of carbonyl (C=O) groups excluding carboxylic acids is 3. The standard InChI is InChI=1S/C34H28N6O4/c1-22-9-14-27(19-29(22)39-33-36-17-15-28(38-33)26-8-5-16-35-20-26)37-32(42)25-12-10-23(11-13-25)18-31(41)40-30(21-44-34(40)43)24-6-3-2-4-7-24/h2-17,19-20,30H,18,21H2,1H3,(H,37,42)(H,36,38,39). The van der Waals surface area contributed by atoms with Crippen LogP contribution in [0.15, 0.2) is 110 Å². The number of nitrogens with zero attached hydrogens (tertiary/aromatic N) is 4. The summed E-state index contributed by atoms with van der Waals surface area (Å²) in [6, 6.07) is 26.7. The van der Waals surface area contributed by atoms with Gasteiger partial charge in [0, 0.05) is 41.1 Å². The smallest absolute Gasteiger partial charge is 0.417 e. The van der Waals surface area contributed by atoms with Gasteiger partial charge in [-0.3, -0.25) is 14.6 Å². The maximum atomic E-state index is 13.1. The van der Waals surface area contributed by atoms with Crippen molar-refractivity contribution < 1.29 is 19.1 Å². The van der Waals surface area contributed by atoms with E-state index in [1.54, 1.807) is 42.9 Å². The molecule has 1 saturated heterocycles. The lowest BCUT2D eigenvalue weighted by Crippen LogP contribution is -2.35. The molecule has 10 nitrogen and oxygen atoms in total. The largest absolute Gasteiger partial charge is 0.446 e. The molecular weight excluding hydrogens is 556 g/mol. The minimum absolute atomic E-state index is 0.00260. The fourth-order valence-electron chi connectivity index (χ4n) is 4.90. The average Bonchev–Trinajstić information content (AvgIpc) is 3.45. The average molecular weight is 585 g/mol. The normalized spacial score (nSPS) is 14.2. The molecule has 0 spiro atoms. The summed E-state index contributed by atoms with van der Waals surface area (Å²) >= 11 is 0. The van der Waals surface area contributed by atoms with Crippen LogP contribution in [0, 0.1) is 6.92 Å². The second kappa shape index (κ2) is 12.5. The fraction of sp³-hybridized carbons (Fsp3) is 0.118. The van der Waals surface area contributed by atoms with Gasteiger partial charge in [-0.25, -0.2) is 19.7 Å². The van der Waals surface area contributed by atoms with Crippen LogP contribution >= 0.6 is 0 Å². The Morgan fingerprint density at radius 2 is 1.77 bits per heavy atom. The van der Waals surface area contributed by atoms with E-state index in [1.165, 1.54) is 4.90 Å². The summed E-state index contributed by atoms with van der Waals surface area (Å²) in [7, 11) is 0. The Balaban J connectivity index is 1.10. The molecule has 3 heterocycles. The Labute approximate surface area is 253 Å². The van der Waals surface area contributed by atoms with Crippen LogP contribution < -0.4 is 10.6 Å². The Hall–Kier alpha value is -5.90. The van der Waals surface area contributed by atoms with E-state index in [9.17, 15) is 14.4 Å². The van der Waals surface area contributed by atoms with Crippen molar-refractivity contribution >= 4 is 35.2 Å². The Kier molecular flexibility index (Phi) is 8.04. The van der Waals surface area contributed by atoms with E-state index in [0.717, 1.165) is 28.1 Å². The zero-order chi connectivity index (χ0) is 30.5. The number of nitrogens with one attached hydrogen (secondary N) is 2. The van der Waals surface area contributed by atoms with Crippen LogP contribution in [0.1, 0.15) is 33.1 Å². The van der Waals surface area contributed by atoms with Gasteiger partial charge in [-0.1, -0.05) is 48.5 Å². The molecular formula is C34H28N6O4. The van der Waals surface area contributed by atoms with Crippen LogP contribution in [0.5, 0.6) is 0 Å². The number of hydrogen-bond donors (Lipinski definition) is 2. The Bertz CT molecular complexity index is 1810. The molecule has 218 valence electrons. The maximum absolute atomic E-state index is 13.1. The van der Waals surface area contributed by atoms with Gasteiger partial charge < -0.3 is 15.4 Å². The minimum atomic E-state index is -0.653. The number of benzene rings is 3. The highest BCUT2D eigenvalue weighted by molar-refractivity contribution is 6.04. The molecule has 6 rings (SSSR count). The number of pyridine rings is 1. The van der Waals surface area contributed by atoms with E-state index >= 15 is 0 Å². The highest BCUT2D eigenvalue weighted by atomic mass is 16.6. The van der Waals surface area contributed by atoms with Gasteiger partial charge in [0.1, 0.15) is 12.6 Å². The van der Waals surface area contributed by atoms with Gasteiger partial charge in [-0.05, 0) is 66.1 Å². The van der Waals surface area contributed by atoms with Crippen LogP contribution in [0.3, 0.4) is 0 Å². The molecule has 1 fully saturated rings. The van der Waals surface area contributed by atoms with Crippen molar-refractivity contribution in [1.29, 1.82) is 0 Å². The van der Waals surface area contributed by atoms with E-state index in [2.05, 4.69) is 25.6 Å². The van der Waals surface area contributed by atoms with Gasteiger partial charge in [-0.2, -0.15) is 0 Å². The van der Waals surface area contributed by atoms with Crippen molar-refractivity contribution in [3.63, 3.8) is 0 Å². The molecule has 2 N–H and O–H groups in total. The number of ether oxygens (including phenoxy) is 1. The van der Waals surface area contributed by atoms with Gasteiger partial charge in [-0.15, -0.1) is 0 Å². The number of hydrogen-bond acceptors (Lipinski definition) is 8. The number of aryl methyl sites for hydroxylation is 1. The van der Waals surface area contributed by atoms with Crippen LogP contribution in [-0.4, -0.2) is 44.4 Å². The van der Waals surface area contributed by atoms with E-state index in [1.807, 2.05) is 73.7 Å². The lowest BCUT2D eigenvalue weighted by atomic mass is 10.0. The Morgan fingerprint density at radius 1 is 0.955 bits per heavy atom. The van der Waals surface area contributed by atoms with Crippen LogP contribution in [0.2, 0.25) is 0 Å². The SMILES string of the molecule is Cc1ccc(NC(=O)c2ccc(CC(=O)N3C(=O)OCC3c3ccccc3)cc2)cc1Nc1nccc(-c2cccnc2)n1. The van der Waals surface area contributed by atoms with Gasteiger partial charge in [0.25, 0.3) is 5.91 Å². The Morgan fingerprint density at radius 3 is 2.55 bits per heavy atom. The predicted molar refractivity (Wildman–Crippen MR) is 165 cm³/mol. The zero-order valence-corrected chi connectivity index (χ0v) is 23.8. The third-order valence-corrected chi connectivity index (χ3v) is 7.25. The molecule has 1 unspecified atom stereocenters. The molecule has 5 aromatic rings. The zero-order valence-electron chi connectivity index (χ0n) is 23.8. The van der Waals surface area contributed by atoms with Gasteiger partial charge in [0.05, 0.1) is 12.1 Å². The maximum Gasteiger partial charge on any atom is 0.417 e. The number of carbonyl (C=O) groups is 3. The van der Waals surface area contributed by atoms with Gasteiger partial charge in [0.2, 0.25) is 11.9 Å². The van der Waals surface area contributed by atoms with Crippen molar-refractivity contribution in [3.05, 3.63) is 132 Å². The molecule has 0 saturated carbocycles. The van der Waals surface area contributed by atoms with E-state index in [0.29, 0.717) is 22.8 Å². The molecule has 1 atom stereocenters. The fourth-order valence-corrected chi connectivity index (χ4v) is 4.90. The highest BCUT2D eigenvalue weighted by Gasteiger charge is 2.38. The van der Waals surface area contributed by atoms with Crippen molar-refractivity contribution in [2.24, 2.45) is 0 Å². The summed E-state index contributed by atoms with van der Waals surface area (Å²) in [4.78, 5) is 52.7. The second-order valence-electron chi connectivity index (χ2n) is 10.3. The third-order valence-electron chi connectivity index (χ3n) is 7.25. The summed E-state index contributed by atoms with van der Waals surface area (Å²) in [6.07, 6.45) is 4.46. The first-order chi connectivity index (χ1) is 21.4. The molecule has 0 bridgehead atoms. The van der Waals surface area contributed by atoms with E-state index < -0.39 is 12.1 Å². The third kappa shape index (κ3) is 6.29. The van der Waals surface area contributed by atoms with E-state index in [-0.39, 0.29) is 24.8 Å². The van der Waals surface area contributed by atoms with Crippen LogP contribution in [-0.2, 0) is 16.0 Å². The first-order valence-corrected chi connectivity index (χ1v) is 14.0. The highest BCUT2D eigenvalue weighted by Crippen LogP contribution is 2.29. The number of amides is 3. The lowest BCUT2D eigenvalue weighted by molar-refractivity contribution is -0.128. The van der Waals surface area contributed by atoms with E-state index in [4.69, 9.17) is 4.74 Å². The molecule has 44 heavy (non-hydrogen) atoms. The molecule has 3 amide bonds. The van der Waals surface area contributed by atoms with Crippen LogP contribution in [0.4, 0.5) is 22.1 Å². The first kappa shape index (κ1) is 28.2. The molecule has 1 aliphatic rings. The molecule has 10 heteroatoms. The van der Waals surface area contributed by atoms with Crippen LogP contribution in [0.25, 0.3) is 11.3 Å². The molecule has 3 aromatic carbocycles. The summed E-state index contributed by atoms with van der Waals surface area (Å²) in [5.41, 5.74) is 5.82. The summed E-state index contributed by atoms with van der Waals surface area (Å²) in [5, 5.41) is 6.16. The van der Waals surface area contributed by atoms with Gasteiger partial charge in [0.15, 0.2) is 0 Å². The topological polar surface area (TPSA) is 126 Å². The van der Waals surface area contributed by atoms with Crippen molar-refractivity contribution in [2.45, 2.75) is 19.4 Å². The number of aromatic nitrogens is 3. The predicted octanol–water partition coefficient (Wildman–Crippen LogP) is 6.11. The van der Waals surface area contributed by atoms with Crippen molar-refractivity contribution in [2.75, 3.05) is 17.2 Å². The number of cyclic esters (lactones) is 1. The molecule has 0 radical (unpaired) electrons. The molecule has 2 aromatic heterocycles. The second-order valence-corrected chi connectivity index (χ2v) is 10.3. The quantitative estimate of drug-likeness (QED) is 0.224. The van der Waals surface area contributed by atoms with Crippen molar-refractivity contribution in [3.8, 4) is 11.3 Å². The monoisotopic (exact) mass is 584 g/mol. The van der Waals surface area contributed by atoms with Gasteiger partial charge >= 0.3 is 6.09 Å². The number of rotatable bonds is 8. The summed E-state index contributed by atoms with van der Waals surface area (Å²) < 4.78 is 5.17. The minimum Gasteiger partial charge on any atom is -0.446 e. The molecule has 1 aliphatic heterocycles. The first-order valence-electron chi connectivity index (χ1n) is 14.0. The van der Waals surface area contributed by atoms with Crippen molar-refractivity contribution in [1.82, 2.24) is 19.9 Å². The molecule has 0 aliphatic carbocycles. The number of imide groups is 1. The number of anilines is 3. The lowest BCUT2D eigenvalue weighted by Gasteiger charge is -2.20. The summed E-state index contributed by atoms with van der Waals surface area (Å²) in [6.45, 7) is 2.07.